The number of nitrogens with zero attached hydrogens (tertiary/aromatic N) is 4. The number of rotatable bonds is 4. The SMILES string of the molecule is CC1CCCN(c2cc(Nc3ccc(C#N)cc3)nc(-c3ccccc3)n2)C1. The van der Waals surface area contributed by atoms with Crippen LogP contribution in [0, 0.1) is 17.2 Å². The Morgan fingerprint density at radius 1 is 1.07 bits per heavy atom. The summed E-state index contributed by atoms with van der Waals surface area (Å²) in [5, 5.41) is 12.4. The molecule has 140 valence electrons. The normalized spacial score (nSPS) is 16.4. The van der Waals surface area contributed by atoms with Gasteiger partial charge in [0, 0.05) is 30.4 Å². The highest BCUT2D eigenvalue weighted by molar-refractivity contribution is 5.66. The molecule has 0 spiro atoms. The van der Waals surface area contributed by atoms with Crippen molar-refractivity contribution in [3.63, 3.8) is 0 Å². The minimum atomic E-state index is 0.640. The van der Waals surface area contributed by atoms with Gasteiger partial charge in [-0.15, -0.1) is 0 Å². The van der Waals surface area contributed by atoms with Crippen LogP contribution in [-0.2, 0) is 0 Å². The minimum absolute atomic E-state index is 0.640. The summed E-state index contributed by atoms with van der Waals surface area (Å²) in [5.41, 5.74) is 2.54. The molecule has 1 fully saturated rings. The van der Waals surface area contributed by atoms with E-state index in [-0.39, 0.29) is 0 Å². The van der Waals surface area contributed by atoms with Gasteiger partial charge in [-0.25, -0.2) is 9.97 Å². The van der Waals surface area contributed by atoms with Crippen molar-refractivity contribution >= 4 is 17.3 Å². The van der Waals surface area contributed by atoms with Gasteiger partial charge in [0.2, 0.25) is 0 Å². The van der Waals surface area contributed by atoms with Crippen LogP contribution >= 0.6 is 0 Å². The van der Waals surface area contributed by atoms with Gasteiger partial charge in [-0.3, -0.25) is 0 Å². The van der Waals surface area contributed by atoms with E-state index < -0.39 is 0 Å². The van der Waals surface area contributed by atoms with Crippen LogP contribution in [0.3, 0.4) is 0 Å². The van der Waals surface area contributed by atoms with Gasteiger partial charge in [0.25, 0.3) is 0 Å². The van der Waals surface area contributed by atoms with Crippen LogP contribution in [0.4, 0.5) is 17.3 Å². The van der Waals surface area contributed by atoms with Crippen molar-refractivity contribution in [1.82, 2.24) is 9.97 Å². The number of nitrogens with one attached hydrogen (secondary N) is 1. The Morgan fingerprint density at radius 3 is 2.57 bits per heavy atom. The van der Waals surface area contributed by atoms with E-state index in [0.717, 1.165) is 36.0 Å². The molecular formula is C23H23N5. The molecule has 1 aliphatic heterocycles. The smallest absolute Gasteiger partial charge is 0.163 e. The molecule has 0 bridgehead atoms. The highest BCUT2D eigenvalue weighted by Crippen LogP contribution is 2.27. The van der Waals surface area contributed by atoms with Gasteiger partial charge >= 0.3 is 0 Å². The zero-order chi connectivity index (χ0) is 19.3. The summed E-state index contributed by atoms with van der Waals surface area (Å²) in [6, 6.07) is 21.6. The van der Waals surface area contributed by atoms with E-state index >= 15 is 0 Å². The fraction of sp³-hybridized carbons (Fsp3) is 0.261. The van der Waals surface area contributed by atoms with E-state index in [1.54, 1.807) is 12.1 Å². The maximum Gasteiger partial charge on any atom is 0.163 e. The van der Waals surface area contributed by atoms with Gasteiger partial charge in [0.05, 0.1) is 11.6 Å². The third-order valence-electron chi connectivity index (χ3n) is 5.01. The largest absolute Gasteiger partial charge is 0.356 e. The first-order valence-electron chi connectivity index (χ1n) is 9.68. The molecule has 1 N–H and O–H groups in total. The van der Waals surface area contributed by atoms with Gasteiger partial charge in [0.1, 0.15) is 11.6 Å². The average molecular weight is 369 g/mol. The van der Waals surface area contributed by atoms with E-state index in [1.807, 2.05) is 48.5 Å². The summed E-state index contributed by atoms with van der Waals surface area (Å²) >= 11 is 0. The number of piperidine rings is 1. The topological polar surface area (TPSA) is 64.8 Å². The maximum atomic E-state index is 8.99. The summed E-state index contributed by atoms with van der Waals surface area (Å²) in [4.78, 5) is 12.0. The van der Waals surface area contributed by atoms with Crippen LogP contribution in [0.25, 0.3) is 11.4 Å². The van der Waals surface area contributed by atoms with Crippen LogP contribution in [0.15, 0.2) is 60.7 Å². The van der Waals surface area contributed by atoms with E-state index in [4.69, 9.17) is 15.2 Å². The number of anilines is 3. The number of benzene rings is 2. The van der Waals surface area contributed by atoms with Gasteiger partial charge < -0.3 is 10.2 Å². The molecule has 1 aliphatic rings. The first-order chi connectivity index (χ1) is 13.7. The monoisotopic (exact) mass is 369 g/mol. The fourth-order valence-corrected chi connectivity index (χ4v) is 3.55. The third kappa shape index (κ3) is 4.12. The van der Waals surface area contributed by atoms with Crippen LogP contribution < -0.4 is 10.2 Å². The molecule has 2 heterocycles. The molecule has 1 saturated heterocycles. The molecule has 1 aromatic heterocycles. The van der Waals surface area contributed by atoms with Gasteiger partial charge in [-0.1, -0.05) is 37.3 Å². The summed E-state index contributed by atoms with van der Waals surface area (Å²) in [6.45, 7) is 4.33. The molecule has 0 aliphatic carbocycles. The van der Waals surface area contributed by atoms with E-state index in [1.165, 1.54) is 12.8 Å². The summed E-state index contributed by atoms with van der Waals surface area (Å²) < 4.78 is 0. The van der Waals surface area contributed by atoms with Crippen molar-refractivity contribution in [3.8, 4) is 17.5 Å². The van der Waals surface area contributed by atoms with E-state index in [0.29, 0.717) is 17.3 Å². The fourth-order valence-electron chi connectivity index (χ4n) is 3.55. The molecule has 0 saturated carbocycles. The van der Waals surface area contributed by atoms with Crippen LogP contribution in [0.5, 0.6) is 0 Å². The molecule has 1 unspecified atom stereocenters. The Bertz CT molecular complexity index is 976. The molecule has 1 atom stereocenters. The van der Waals surface area contributed by atoms with Crippen molar-refractivity contribution in [3.05, 3.63) is 66.2 Å². The van der Waals surface area contributed by atoms with E-state index in [9.17, 15) is 0 Å². The second-order valence-corrected chi connectivity index (χ2v) is 7.31. The van der Waals surface area contributed by atoms with Gasteiger partial charge in [0.15, 0.2) is 5.82 Å². The lowest BCUT2D eigenvalue weighted by molar-refractivity contribution is 0.444. The predicted octanol–water partition coefficient (Wildman–Crippen LogP) is 5.00. The van der Waals surface area contributed by atoms with Crippen molar-refractivity contribution < 1.29 is 0 Å². The first-order valence-corrected chi connectivity index (χ1v) is 9.68. The van der Waals surface area contributed by atoms with Crippen LogP contribution in [0.2, 0.25) is 0 Å². The maximum absolute atomic E-state index is 8.99. The molecule has 28 heavy (non-hydrogen) atoms. The summed E-state index contributed by atoms with van der Waals surface area (Å²) in [7, 11) is 0. The average Bonchev–Trinajstić information content (AvgIpc) is 2.75. The molecule has 5 nitrogen and oxygen atoms in total. The highest BCUT2D eigenvalue weighted by atomic mass is 15.2. The molecular weight excluding hydrogens is 346 g/mol. The van der Waals surface area contributed by atoms with Gasteiger partial charge in [-0.05, 0) is 43.0 Å². The second-order valence-electron chi connectivity index (χ2n) is 7.31. The summed E-state index contributed by atoms with van der Waals surface area (Å²) in [5.74, 6) is 3.09. The third-order valence-corrected chi connectivity index (χ3v) is 5.01. The lowest BCUT2D eigenvalue weighted by atomic mass is 10.0. The standard InChI is InChI=1S/C23H23N5/c1-17-6-5-13-28(16-17)22-14-21(25-20-11-9-18(15-24)10-12-20)26-23(27-22)19-7-3-2-4-8-19/h2-4,7-12,14,17H,5-6,13,16H2,1H3,(H,25,26,27). The molecule has 4 rings (SSSR count). The zero-order valence-electron chi connectivity index (χ0n) is 16.0. The quantitative estimate of drug-likeness (QED) is 0.701. The zero-order valence-corrected chi connectivity index (χ0v) is 16.0. The number of nitriles is 1. The van der Waals surface area contributed by atoms with Crippen molar-refractivity contribution in [2.45, 2.75) is 19.8 Å². The Hall–Kier alpha value is -3.39. The number of aromatic nitrogens is 2. The minimum Gasteiger partial charge on any atom is -0.356 e. The van der Waals surface area contributed by atoms with E-state index in [2.05, 4.69) is 23.2 Å². The first kappa shape index (κ1) is 18.0. The molecule has 0 amide bonds. The lowest BCUT2D eigenvalue weighted by Crippen LogP contribution is -2.35. The van der Waals surface area contributed by atoms with Crippen LogP contribution in [0.1, 0.15) is 25.3 Å². The number of hydrogen-bond donors (Lipinski definition) is 1. The van der Waals surface area contributed by atoms with Crippen molar-refractivity contribution in [2.75, 3.05) is 23.3 Å². The Labute approximate surface area is 165 Å². The molecule has 5 heteroatoms. The molecule has 2 aromatic carbocycles. The molecule has 3 aromatic rings. The van der Waals surface area contributed by atoms with Crippen LogP contribution in [-0.4, -0.2) is 23.1 Å². The van der Waals surface area contributed by atoms with Gasteiger partial charge in [-0.2, -0.15) is 5.26 Å². The predicted molar refractivity (Wildman–Crippen MR) is 113 cm³/mol. The van der Waals surface area contributed by atoms with Crippen molar-refractivity contribution in [1.29, 1.82) is 5.26 Å². The lowest BCUT2D eigenvalue weighted by Gasteiger charge is -2.32. The van der Waals surface area contributed by atoms with Crippen molar-refractivity contribution in [2.24, 2.45) is 5.92 Å². The molecule has 0 radical (unpaired) electrons. The summed E-state index contributed by atoms with van der Waals surface area (Å²) in [6.07, 6.45) is 2.45. The number of hydrogen-bond acceptors (Lipinski definition) is 5. The Balaban J connectivity index is 1.69. The highest BCUT2D eigenvalue weighted by Gasteiger charge is 2.19. The Kier molecular flexibility index (Phi) is 5.20. The Morgan fingerprint density at radius 2 is 1.86 bits per heavy atom. The second kappa shape index (κ2) is 8.10.